The molecule has 0 radical (unpaired) electrons. The van der Waals surface area contributed by atoms with Gasteiger partial charge in [0.25, 0.3) is 0 Å². The summed E-state index contributed by atoms with van der Waals surface area (Å²) in [6.45, 7) is 1.56. The zero-order valence-corrected chi connectivity index (χ0v) is 15.9. The fourth-order valence-electron chi connectivity index (χ4n) is 2.78. The molecule has 4 rings (SSSR count). The fourth-order valence-corrected chi connectivity index (χ4v) is 3.06. The number of halogens is 2. The van der Waals surface area contributed by atoms with Crippen molar-refractivity contribution >= 4 is 23.2 Å². The summed E-state index contributed by atoms with van der Waals surface area (Å²) in [5, 5.41) is 23.0. The van der Waals surface area contributed by atoms with Gasteiger partial charge in [0, 0.05) is 13.2 Å². The van der Waals surface area contributed by atoms with Crippen LogP contribution in [0.3, 0.4) is 0 Å². The van der Waals surface area contributed by atoms with Crippen molar-refractivity contribution in [2.75, 3.05) is 13.2 Å². The summed E-state index contributed by atoms with van der Waals surface area (Å²) in [5.41, 5.74) is 0. The summed E-state index contributed by atoms with van der Waals surface area (Å²) < 4.78 is 12.7. The SMILES string of the molecule is ClCc1nnn(C2CCCCO2)n1.ClCc1nnnn1C1CCCCO1. The molecule has 0 spiro atoms. The molecule has 4 heterocycles. The van der Waals surface area contributed by atoms with Crippen LogP contribution in [0.5, 0.6) is 0 Å². The third-order valence-electron chi connectivity index (χ3n) is 4.11. The van der Waals surface area contributed by atoms with Crippen molar-refractivity contribution in [2.24, 2.45) is 0 Å². The molecule has 2 aromatic rings. The Labute approximate surface area is 161 Å². The van der Waals surface area contributed by atoms with Gasteiger partial charge in [-0.15, -0.1) is 43.3 Å². The number of rotatable bonds is 4. The van der Waals surface area contributed by atoms with Gasteiger partial charge in [0.05, 0.1) is 11.8 Å². The smallest absolute Gasteiger partial charge is 0.189 e. The van der Waals surface area contributed by atoms with Gasteiger partial charge in [-0.2, -0.15) is 4.68 Å². The van der Waals surface area contributed by atoms with E-state index in [0.717, 1.165) is 51.7 Å². The van der Waals surface area contributed by atoms with Crippen LogP contribution in [0.2, 0.25) is 0 Å². The number of tetrazole rings is 2. The molecule has 10 nitrogen and oxygen atoms in total. The largest absolute Gasteiger partial charge is 0.356 e. The van der Waals surface area contributed by atoms with Crippen molar-refractivity contribution < 1.29 is 9.47 Å². The summed E-state index contributed by atoms with van der Waals surface area (Å²) in [6, 6.07) is 0. The molecule has 2 aliphatic heterocycles. The van der Waals surface area contributed by atoms with E-state index in [-0.39, 0.29) is 12.5 Å². The van der Waals surface area contributed by atoms with Crippen molar-refractivity contribution in [2.45, 2.75) is 62.7 Å². The van der Waals surface area contributed by atoms with Crippen molar-refractivity contribution in [1.29, 1.82) is 0 Å². The summed E-state index contributed by atoms with van der Waals surface area (Å²) in [7, 11) is 0. The Bertz CT molecular complexity index is 655. The normalized spacial score (nSPS) is 23.3. The quantitative estimate of drug-likeness (QED) is 0.713. The molecular weight excluding hydrogens is 383 g/mol. The minimum atomic E-state index is -0.0433. The summed E-state index contributed by atoms with van der Waals surface area (Å²) in [5.74, 6) is 1.85. The third kappa shape index (κ3) is 5.09. The highest BCUT2D eigenvalue weighted by Crippen LogP contribution is 2.22. The van der Waals surface area contributed by atoms with Gasteiger partial charge in [-0.25, -0.2) is 0 Å². The highest BCUT2D eigenvalue weighted by molar-refractivity contribution is 6.16. The first-order valence-corrected chi connectivity index (χ1v) is 9.79. The molecule has 0 aliphatic carbocycles. The number of aromatic nitrogens is 8. The predicted octanol–water partition coefficient (Wildman–Crippen LogP) is 2.22. The Morgan fingerprint density at radius 2 is 1.62 bits per heavy atom. The van der Waals surface area contributed by atoms with Crippen LogP contribution in [0, 0.1) is 0 Å². The van der Waals surface area contributed by atoms with Gasteiger partial charge in [0.15, 0.2) is 24.1 Å². The Balaban J connectivity index is 0.000000151. The molecule has 144 valence electrons. The van der Waals surface area contributed by atoms with E-state index in [1.807, 2.05) is 0 Å². The average molecular weight is 405 g/mol. The van der Waals surface area contributed by atoms with Gasteiger partial charge < -0.3 is 9.47 Å². The van der Waals surface area contributed by atoms with Crippen LogP contribution in [0.1, 0.15) is 62.6 Å². The first kappa shape index (κ1) is 19.4. The summed E-state index contributed by atoms with van der Waals surface area (Å²) in [6.07, 6.45) is 6.42. The van der Waals surface area contributed by atoms with Crippen LogP contribution in [-0.2, 0) is 21.2 Å². The van der Waals surface area contributed by atoms with E-state index in [1.165, 1.54) is 4.80 Å². The van der Waals surface area contributed by atoms with Gasteiger partial charge in [-0.05, 0) is 54.2 Å². The van der Waals surface area contributed by atoms with E-state index in [9.17, 15) is 0 Å². The van der Waals surface area contributed by atoms with Gasteiger partial charge in [0.1, 0.15) is 0 Å². The maximum atomic E-state index is 5.67. The Hall–Kier alpha value is -1.36. The highest BCUT2D eigenvalue weighted by Gasteiger charge is 2.20. The van der Waals surface area contributed by atoms with Gasteiger partial charge in [-0.1, -0.05) is 0 Å². The molecule has 2 aromatic heterocycles. The molecule has 2 fully saturated rings. The van der Waals surface area contributed by atoms with Gasteiger partial charge in [-0.3, -0.25) is 0 Å². The van der Waals surface area contributed by atoms with Crippen LogP contribution in [0.25, 0.3) is 0 Å². The van der Waals surface area contributed by atoms with Crippen LogP contribution >= 0.6 is 23.2 Å². The molecule has 2 saturated heterocycles. The molecule has 0 aromatic carbocycles. The van der Waals surface area contributed by atoms with E-state index in [0.29, 0.717) is 23.4 Å². The molecule has 2 aliphatic rings. The zero-order chi connectivity index (χ0) is 18.2. The fraction of sp³-hybridized carbons (Fsp3) is 0.857. The van der Waals surface area contributed by atoms with Crippen molar-refractivity contribution in [3.63, 3.8) is 0 Å². The molecule has 0 amide bonds. The Kier molecular flexibility index (Phi) is 7.54. The van der Waals surface area contributed by atoms with E-state index in [4.69, 9.17) is 32.7 Å². The Morgan fingerprint density at radius 3 is 2.19 bits per heavy atom. The second kappa shape index (κ2) is 10.1. The van der Waals surface area contributed by atoms with Crippen molar-refractivity contribution in [1.82, 2.24) is 40.4 Å². The van der Waals surface area contributed by atoms with Crippen LogP contribution < -0.4 is 0 Å². The highest BCUT2D eigenvalue weighted by atomic mass is 35.5. The number of alkyl halides is 2. The lowest BCUT2D eigenvalue weighted by molar-refractivity contribution is -0.0490. The second-order valence-electron chi connectivity index (χ2n) is 5.98. The van der Waals surface area contributed by atoms with Crippen molar-refractivity contribution in [3.05, 3.63) is 11.6 Å². The van der Waals surface area contributed by atoms with Crippen LogP contribution in [0.15, 0.2) is 0 Å². The number of nitrogens with zero attached hydrogens (tertiary/aromatic N) is 8. The molecule has 12 heteroatoms. The Morgan fingerprint density at radius 1 is 0.885 bits per heavy atom. The van der Waals surface area contributed by atoms with Gasteiger partial charge >= 0.3 is 0 Å². The standard InChI is InChI=1S/2C7H11ClN4O/c8-5-6-9-10-11-12(6)7-3-1-2-4-13-7;8-5-6-9-11-12(10-6)7-3-1-2-4-13-7/h2*7H,1-5H2. The maximum absolute atomic E-state index is 5.67. The molecular formula is C14H22Cl2N8O2. The van der Waals surface area contributed by atoms with Crippen LogP contribution in [0.4, 0.5) is 0 Å². The van der Waals surface area contributed by atoms with E-state index >= 15 is 0 Å². The summed E-state index contributed by atoms with van der Waals surface area (Å²) >= 11 is 11.2. The molecule has 0 N–H and O–H groups in total. The lowest BCUT2D eigenvalue weighted by atomic mass is 10.2. The number of hydrogen-bond acceptors (Lipinski definition) is 8. The lowest BCUT2D eigenvalue weighted by Gasteiger charge is -2.22. The first-order valence-electron chi connectivity index (χ1n) is 8.72. The van der Waals surface area contributed by atoms with Crippen molar-refractivity contribution in [3.8, 4) is 0 Å². The minimum Gasteiger partial charge on any atom is -0.356 e. The predicted molar refractivity (Wildman–Crippen MR) is 92.4 cm³/mol. The maximum Gasteiger partial charge on any atom is 0.189 e. The summed E-state index contributed by atoms with van der Waals surface area (Å²) in [4.78, 5) is 1.51. The van der Waals surface area contributed by atoms with Crippen LogP contribution in [-0.4, -0.2) is 53.6 Å². The zero-order valence-electron chi connectivity index (χ0n) is 14.4. The third-order valence-corrected chi connectivity index (χ3v) is 4.59. The van der Waals surface area contributed by atoms with E-state index in [2.05, 4.69) is 30.9 Å². The van der Waals surface area contributed by atoms with E-state index in [1.54, 1.807) is 4.68 Å². The second-order valence-corrected chi connectivity index (χ2v) is 6.51. The minimum absolute atomic E-state index is 0.0162. The first-order chi connectivity index (χ1) is 12.8. The molecule has 0 saturated carbocycles. The monoisotopic (exact) mass is 404 g/mol. The topological polar surface area (TPSA) is 106 Å². The lowest BCUT2D eigenvalue weighted by Crippen LogP contribution is -2.20. The molecule has 2 unspecified atom stereocenters. The number of ether oxygens (including phenoxy) is 2. The number of hydrogen-bond donors (Lipinski definition) is 0. The average Bonchev–Trinajstić information content (AvgIpc) is 3.39. The van der Waals surface area contributed by atoms with Gasteiger partial charge in [0.2, 0.25) is 0 Å². The molecule has 2 atom stereocenters. The molecule has 26 heavy (non-hydrogen) atoms. The molecule has 0 bridgehead atoms. The van der Waals surface area contributed by atoms with E-state index < -0.39 is 0 Å².